The first-order chi connectivity index (χ1) is 9.19. The molecule has 3 N–H and O–H groups in total. The molecule has 1 aromatic carbocycles. The number of carbonyl (C=O) groups is 1. The Kier molecular flexibility index (Phi) is 5.05. The van der Waals surface area contributed by atoms with Gasteiger partial charge in [0.05, 0.1) is 0 Å². The molecule has 0 heterocycles. The molecule has 1 aromatic rings. The van der Waals surface area contributed by atoms with E-state index in [1.165, 1.54) is 12.8 Å². The quantitative estimate of drug-likeness (QED) is 0.801. The summed E-state index contributed by atoms with van der Waals surface area (Å²) < 4.78 is 5.53. The van der Waals surface area contributed by atoms with Crippen LogP contribution >= 0.6 is 11.6 Å². The fraction of sp³-hybridized carbons (Fsp3) is 0.500. The molecule has 2 rings (SSSR count). The van der Waals surface area contributed by atoms with Crippen molar-refractivity contribution >= 4 is 17.5 Å². The highest BCUT2D eigenvalue weighted by atomic mass is 35.5. The Balaban J connectivity index is 1.84. The fourth-order valence-corrected chi connectivity index (χ4v) is 2.01. The van der Waals surface area contributed by atoms with Crippen molar-refractivity contribution in [1.82, 2.24) is 5.32 Å². The Morgan fingerprint density at radius 3 is 2.95 bits per heavy atom. The van der Waals surface area contributed by atoms with Crippen molar-refractivity contribution in [1.29, 1.82) is 0 Å². The summed E-state index contributed by atoms with van der Waals surface area (Å²) in [4.78, 5) is 11.6. The lowest BCUT2D eigenvalue weighted by Gasteiger charge is -2.11. The van der Waals surface area contributed by atoms with Crippen LogP contribution in [0.1, 0.15) is 18.4 Å². The van der Waals surface area contributed by atoms with Crippen molar-refractivity contribution < 1.29 is 9.53 Å². The van der Waals surface area contributed by atoms with E-state index in [4.69, 9.17) is 22.1 Å². The van der Waals surface area contributed by atoms with Gasteiger partial charge >= 0.3 is 0 Å². The summed E-state index contributed by atoms with van der Waals surface area (Å²) in [6.07, 6.45) is 3.12. The van der Waals surface area contributed by atoms with Crippen molar-refractivity contribution in [3.05, 3.63) is 28.8 Å². The number of amides is 1. The van der Waals surface area contributed by atoms with Crippen LogP contribution in [0.15, 0.2) is 18.2 Å². The van der Waals surface area contributed by atoms with Gasteiger partial charge in [0.2, 0.25) is 0 Å². The fourth-order valence-electron chi connectivity index (χ4n) is 1.81. The first-order valence-electron chi connectivity index (χ1n) is 6.57. The average Bonchev–Trinajstić information content (AvgIpc) is 3.20. The van der Waals surface area contributed by atoms with E-state index in [1.807, 2.05) is 6.07 Å². The Bertz CT molecular complexity index is 447. The normalized spacial score (nSPS) is 14.2. The third-order valence-corrected chi connectivity index (χ3v) is 3.31. The van der Waals surface area contributed by atoms with Gasteiger partial charge < -0.3 is 15.8 Å². The van der Waals surface area contributed by atoms with Crippen LogP contribution in [0, 0.1) is 5.92 Å². The number of hydrogen-bond donors (Lipinski definition) is 2. The number of rotatable bonds is 7. The van der Waals surface area contributed by atoms with Crippen LogP contribution in [-0.4, -0.2) is 25.6 Å². The molecule has 0 saturated heterocycles. The molecule has 0 unspecified atom stereocenters. The minimum absolute atomic E-state index is 0.0337. The molecular weight excluding hydrogens is 264 g/mol. The van der Waals surface area contributed by atoms with Crippen molar-refractivity contribution in [2.45, 2.75) is 19.3 Å². The van der Waals surface area contributed by atoms with Crippen molar-refractivity contribution in [2.24, 2.45) is 11.7 Å². The van der Waals surface area contributed by atoms with E-state index in [0.717, 1.165) is 12.1 Å². The van der Waals surface area contributed by atoms with Crippen LogP contribution in [0.4, 0.5) is 0 Å². The molecule has 1 fully saturated rings. The summed E-state index contributed by atoms with van der Waals surface area (Å²) in [6.45, 7) is 1.31. The zero-order valence-corrected chi connectivity index (χ0v) is 11.6. The molecule has 19 heavy (non-hydrogen) atoms. The van der Waals surface area contributed by atoms with Gasteiger partial charge in [-0.25, -0.2) is 0 Å². The van der Waals surface area contributed by atoms with Crippen LogP contribution < -0.4 is 15.8 Å². The maximum atomic E-state index is 11.6. The molecule has 1 aliphatic carbocycles. The second-order valence-electron chi connectivity index (χ2n) is 4.83. The molecule has 1 saturated carbocycles. The molecule has 0 atom stereocenters. The number of benzene rings is 1. The Labute approximate surface area is 118 Å². The predicted molar refractivity (Wildman–Crippen MR) is 75.4 cm³/mol. The van der Waals surface area contributed by atoms with Gasteiger partial charge in [-0.05, 0) is 55.5 Å². The van der Waals surface area contributed by atoms with Gasteiger partial charge in [-0.15, -0.1) is 0 Å². The lowest BCUT2D eigenvalue weighted by Crippen LogP contribution is -2.30. The highest BCUT2D eigenvalue weighted by molar-refractivity contribution is 6.30. The van der Waals surface area contributed by atoms with Gasteiger partial charge in [-0.2, -0.15) is 0 Å². The second kappa shape index (κ2) is 6.78. The zero-order chi connectivity index (χ0) is 13.7. The molecule has 1 aliphatic rings. The molecule has 1 amide bonds. The number of carbonyl (C=O) groups excluding carboxylic acids is 1. The third-order valence-electron chi connectivity index (χ3n) is 3.08. The molecule has 0 aromatic heterocycles. The smallest absolute Gasteiger partial charge is 0.257 e. The van der Waals surface area contributed by atoms with E-state index in [2.05, 4.69) is 5.32 Å². The Hall–Kier alpha value is -1.26. The Morgan fingerprint density at radius 2 is 2.26 bits per heavy atom. The maximum Gasteiger partial charge on any atom is 0.257 e. The molecule has 0 aliphatic heterocycles. The van der Waals surface area contributed by atoms with Crippen LogP contribution in [0.2, 0.25) is 5.02 Å². The van der Waals surface area contributed by atoms with Crippen molar-refractivity contribution in [2.75, 3.05) is 19.7 Å². The first-order valence-corrected chi connectivity index (χ1v) is 6.95. The summed E-state index contributed by atoms with van der Waals surface area (Å²) in [5.74, 6) is 1.27. The summed E-state index contributed by atoms with van der Waals surface area (Å²) in [6, 6.07) is 5.35. The topological polar surface area (TPSA) is 64.3 Å². The molecule has 0 bridgehead atoms. The van der Waals surface area contributed by atoms with Gasteiger partial charge in [0, 0.05) is 11.6 Å². The largest absolute Gasteiger partial charge is 0.483 e. The molecular formula is C14H19ClN2O2. The number of halogens is 1. The lowest BCUT2D eigenvalue weighted by atomic mass is 10.1. The van der Waals surface area contributed by atoms with Gasteiger partial charge in [-0.1, -0.05) is 11.6 Å². The molecule has 4 nitrogen and oxygen atoms in total. The van der Waals surface area contributed by atoms with Gasteiger partial charge in [0.25, 0.3) is 5.91 Å². The van der Waals surface area contributed by atoms with E-state index in [9.17, 15) is 4.79 Å². The summed E-state index contributed by atoms with van der Waals surface area (Å²) >= 11 is 5.93. The van der Waals surface area contributed by atoms with Gasteiger partial charge in [0.1, 0.15) is 5.75 Å². The molecule has 0 radical (unpaired) electrons. The van der Waals surface area contributed by atoms with Gasteiger partial charge in [-0.3, -0.25) is 4.79 Å². The monoisotopic (exact) mass is 282 g/mol. The summed E-state index contributed by atoms with van der Waals surface area (Å²) in [5.41, 5.74) is 6.48. The Morgan fingerprint density at radius 1 is 1.47 bits per heavy atom. The summed E-state index contributed by atoms with van der Waals surface area (Å²) in [5, 5.41) is 3.51. The summed E-state index contributed by atoms with van der Waals surface area (Å²) in [7, 11) is 0. The van der Waals surface area contributed by atoms with E-state index < -0.39 is 0 Å². The number of nitrogens with two attached hydrogens (primary N) is 1. The van der Waals surface area contributed by atoms with Gasteiger partial charge in [0.15, 0.2) is 6.61 Å². The molecule has 104 valence electrons. The van der Waals surface area contributed by atoms with Crippen LogP contribution in [0.25, 0.3) is 0 Å². The SMILES string of the molecule is NCCc1cc(Cl)ccc1OCC(=O)NCC1CC1. The van der Waals surface area contributed by atoms with Crippen LogP contribution in [0.5, 0.6) is 5.75 Å². The first kappa shape index (κ1) is 14.2. The van der Waals surface area contributed by atoms with E-state index in [0.29, 0.717) is 29.7 Å². The van der Waals surface area contributed by atoms with E-state index >= 15 is 0 Å². The van der Waals surface area contributed by atoms with Crippen molar-refractivity contribution in [3.63, 3.8) is 0 Å². The third kappa shape index (κ3) is 4.73. The minimum atomic E-state index is -0.0828. The lowest BCUT2D eigenvalue weighted by molar-refractivity contribution is -0.123. The zero-order valence-electron chi connectivity index (χ0n) is 10.8. The highest BCUT2D eigenvalue weighted by Crippen LogP contribution is 2.27. The van der Waals surface area contributed by atoms with Crippen LogP contribution in [-0.2, 0) is 11.2 Å². The second-order valence-corrected chi connectivity index (χ2v) is 5.26. The van der Waals surface area contributed by atoms with Crippen LogP contribution in [0.3, 0.4) is 0 Å². The predicted octanol–water partition coefficient (Wildman–Crippen LogP) is 1.75. The maximum absolute atomic E-state index is 11.6. The van der Waals surface area contributed by atoms with E-state index in [1.54, 1.807) is 12.1 Å². The number of nitrogens with one attached hydrogen (secondary N) is 1. The van der Waals surface area contributed by atoms with E-state index in [-0.39, 0.29) is 12.5 Å². The molecule has 5 heteroatoms. The van der Waals surface area contributed by atoms with Crippen molar-refractivity contribution in [3.8, 4) is 5.75 Å². The highest BCUT2D eigenvalue weighted by Gasteiger charge is 2.21. The number of hydrogen-bond acceptors (Lipinski definition) is 3. The minimum Gasteiger partial charge on any atom is -0.483 e. The number of ether oxygens (including phenoxy) is 1. The standard InChI is InChI=1S/C14H19ClN2O2/c15-12-3-4-13(11(7-12)5-6-16)19-9-14(18)17-8-10-1-2-10/h3-4,7,10H,1-2,5-6,8-9,16H2,(H,17,18). The molecule has 0 spiro atoms. The average molecular weight is 283 g/mol.